The highest BCUT2D eigenvalue weighted by Crippen LogP contribution is 2.39. The number of sulfonamides is 1. The lowest BCUT2D eigenvalue weighted by Gasteiger charge is -2.24. The summed E-state index contributed by atoms with van der Waals surface area (Å²) in [6.45, 7) is 10.0. The van der Waals surface area contributed by atoms with Gasteiger partial charge in [-0.05, 0) is 71.8 Å². The molecular formula is C23H31N3O5S. The molecule has 1 saturated heterocycles. The number of hydrogen-bond acceptors (Lipinski definition) is 6. The van der Waals surface area contributed by atoms with E-state index in [9.17, 15) is 18.0 Å². The number of rotatable bonds is 5. The second-order valence-electron chi connectivity index (χ2n) is 8.83. The summed E-state index contributed by atoms with van der Waals surface area (Å²) in [5, 5.41) is 4.58. The SMILES string of the molecule is CC(C)(C)OC=O.CCN1C(=O)c2cccc3c(S(=O)(=O)NC4CCNCC4)ccc1c23. The number of hydrogen-bond donors (Lipinski definition) is 2. The van der Waals surface area contributed by atoms with Crippen molar-refractivity contribution in [2.24, 2.45) is 0 Å². The first-order chi connectivity index (χ1) is 15.1. The number of amides is 1. The topological polar surface area (TPSA) is 105 Å². The van der Waals surface area contributed by atoms with Crippen molar-refractivity contribution in [2.45, 2.75) is 57.1 Å². The van der Waals surface area contributed by atoms with Gasteiger partial charge in [-0.15, -0.1) is 0 Å². The van der Waals surface area contributed by atoms with Crippen molar-refractivity contribution < 1.29 is 22.7 Å². The fraction of sp³-hybridized carbons (Fsp3) is 0.478. The maximum Gasteiger partial charge on any atom is 0.293 e. The van der Waals surface area contributed by atoms with Crippen LogP contribution in [0.2, 0.25) is 0 Å². The summed E-state index contributed by atoms with van der Waals surface area (Å²) >= 11 is 0. The molecule has 0 spiro atoms. The lowest BCUT2D eigenvalue weighted by molar-refractivity contribution is -0.138. The molecule has 2 aromatic carbocycles. The van der Waals surface area contributed by atoms with Crippen LogP contribution in [0.5, 0.6) is 0 Å². The van der Waals surface area contributed by atoms with Gasteiger partial charge in [-0.2, -0.15) is 0 Å². The van der Waals surface area contributed by atoms with Gasteiger partial charge in [0.2, 0.25) is 10.0 Å². The summed E-state index contributed by atoms with van der Waals surface area (Å²) in [7, 11) is -3.64. The van der Waals surface area contributed by atoms with Crippen molar-refractivity contribution in [3.8, 4) is 0 Å². The molecule has 2 aliphatic rings. The molecule has 174 valence electrons. The quantitative estimate of drug-likeness (QED) is 0.664. The Hall–Kier alpha value is -2.49. The number of piperidine rings is 1. The Morgan fingerprint density at radius 2 is 1.88 bits per heavy atom. The molecule has 2 N–H and O–H groups in total. The van der Waals surface area contributed by atoms with Crippen LogP contribution in [0.15, 0.2) is 35.2 Å². The van der Waals surface area contributed by atoms with Crippen molar-refractivity contribution in [1.82, 2.24) is 10.0 Å². The molecule has 0 unspecified atom stereocenters. The van der Waals surface area contributed by atoms with Crippen molar-refractivity contribution in [1.29, 1.82) is 0 Å². The van der Waals surface area contributed by atoms with E-state index in [4.69, 9.17) is 0 Å². The van der Waals surface area contributed by atoms with Crippen LogP contribution >= 0.6 is 0 Å². The van der Waals surface area contributed by atoms with Crippen molar-refractivity contribution >= 4 is 38.9 Å². The Kier molecular flexibility index (Phi) is 7.22. The van der Waals surface area contributed by atoms with Gasteiger partial charge in [-0.1, -0.05) is 12.1 Å². The average Bonchev–Trinajstić information content (AvgIpc) is 3.01. The van der Waals surface area contributed by atoms with Gasteiger partial charge in [0.1, 0.15) is 5.60 Å². The summed E-state index contributed by atoms with van der Waals surface area (Å²) in [5.74, 6) is -0.0658. The highest BCUT2D eigenvalue weighted by Gasteiger charge is 2.32. The van der Waals surface area contributed by atoms with Crippen LogP contribution in [0.25, 0.3) is 10.8 Å². The molecule has 2 aromatic rings. The predicted molar refractivity (Wildman–Crippen MR) is 124 cm³/mol. The van der Waals surface area contributed by atoms with E-state index in [0.29, 0.717) is 24.0 Å². The van der Waals surface area contributed by atoms with Crippen molar-refractivity contribution in [2.75, 3.05) is 24.5 Å². The molecule has 2 heterocycles. The first-order valence-corrected chi connectivity index (χ1v) is 12.3. The van der Waals surface area contributed by atoms with Gasteiger partial charge in [0.15, 0.2) is 0 Å². The molecule has 0 radical (unpaired) electrons. The van der Waals surface area contributed by atoms with E-state index < -0.39 is 10.0 Å². The van der Waals surface area contributed by atoms with Gasteiger partial charge in [0, 0.05) is 28.9 Å². The monoisotopic (exact) mass is 461 g/mol. The van der Waals surface area contributed by atoms with E-state index >= 15 is 0 Å². The molecule has 1 fully saturated rings. The lowest BCUT2D eigenvalue weighted by atomic mass is 10.1. The number of nitrogens with zero attached hydrogens (tertiary/aromatic N) is 1. The minimum absolute atomic E-state index is 0.0527. The molecule has 32 heavy (non-hydrogen) atoms. The fourth-order valence-corrected chi connectivity index (χ4v) is 5.44. The third-order valence-electron chi connectivity index (χ3n) is 5.41. The number of carbonyl (C=O) groups excluding carboxylic acids is 2. The number of nitrogens with one attached hydrogen (secondary N) is 2. The summed E-state index contributed by atoms with van der Waals surface area (Å²) in [4.78, 5) is 24.1. The maximum absolute atomic E-state index is 13.0. The van der Waals surface area contributed by atoms with Crippen LogP contribution in [0.1, 0.15) is 50.9 Å². The minimum atomic E-state index is -3.64. The molecule has 0 atom stereocenters. The Morgan fingerprint density at radius 3 is 2.44 bits per heavy atom. The highest BCUT2D eigenvalue weighted by molar-refractivity contribution is 7.89. The van der Waals surface area contributed by atoms with Gasteiger partial charge in [0.05, 0.1) is 10.6 Å². The first-order valence-electron chi connectivity index (χ1n) is 10.8. The largest absolute Gasteiger partial charge is 0.462 e. The van der Waals surface area contributed by atoms with Gasteiger partial charge >= 0.3 is 0 Å². The minimum Gasteiger partial charge on any atom is -0.462 e. The van der Waals surface area contributed by atoms with E-state index in [2.05, 4.69) is 14.8 Å². The van der Waals surface area contributed by atoms with Crippen LogP contribution in [-0.2, 0) is 19.6 Å². The normalized spacial score (nSPS) is 16.6. The maximum atomic E-state index is 13.0. The number of carbonyl (C=O) groups is 2. The Bertz CT molecular complexity index is 1100. The molecule has 0 aliphatic carbocycles. The molecule has 0 bridgehead atoms. The van der Waals surface area contributed by atoms with Crippen LogP contribution in [-0.4, -0.2) is 52.1 Å². The zero-order chi connectivity index (χ0) is 23.5. The highest BCUT2D eigenvalue weighted by atomic mass is 32.2. The zero-order valence-corrected chi connectivity index (χ0v) is 19.8. The Morgan fingerprint density at radius 1 is 1.19 bits per heavy atom. The van der Waals surface area contributed by atoms with Crippen LogP contribution < -0.4 is 14.9 Å². The van der Waals surface area contributed by atoms with Crippen LogP contribution in [0.3, 0.4) is 0 Å². The second kappa shape index (κ2) is 9.56. The molecule has 9 heteroatoms. The molecule has 8 nitrogen and oxygen atoms in total. The summed E-state index contributed by atoms with van der Waals surface area (Å²) < 4.78 is 33.3. The van der Waals surface area contributed by atoms with Gasteiger partial charge < -0.3 is 15.0 Å². The number of ether oxygens (including phenoxy) is 1. The van der Waals surface area contributed by atoms with Crippen molar-refractivity contribution in [3.05, 3.63) is 35.9 Å². The zero-order valence-electron chi connectivity index (χ0n) is 19.0. The first kappa shape index (κ1) is 24.2. The van der Waals surface area contributed by atoms with E-state index in [1.54, 1.807) is 35.2 Å². The lowest BCUT2D eigenvalue weighted by Crippen LogP contribution is -2.42. The molecule has 1 amide bonds. The van der Waals surface area contributed by atoms with Crippen LogP contribution in [0, 0.1) is 0 Å². The number of anilines is 1. The number of benzene rings is 2. The smallest absolute Gasteiger partial charge is 0.293 e. The van der Waals surface area contributed by atoms with Crippen LogP contribution in [0.4, 0.5) is 5.69 Å². The molecule has 2 aliphatic heterocycles. The Balaban J connectivity index is 0.000000360. The van der Waals surface area contributed by atoms with Crippen molar-refractivity contribution in [3.63, 3.8) is 0 Å². The second-order valence-corrected chi connectivity index (χ2v) is 10.5. The van der Waals surface area contributed by atoms with E-state index in [-0.39, 0.29) is 22.4 Å². The van der Waals surface area contributed by atoms with Gasteiger partial charge in [-0.25, -0.2) is 13.1 Å². The van der Waals surface area contributed by atoms with E-state index in [1.807, 2.05) is 27.7 Å². The third-order valence-corrected chi connectivity index (χ3v) is 6.99. The molecular weight excluding hydrogens is 430 g/mol. The van der Waals surface area contributed by atoms with E-state index in [0.717, 1.165) is 37.0 Å². The summed E-state index contributed by atoms with van der Waals surface area (Å²) in [6.07, 6.45) is 1.56. The summed E-state index contributed by atoms with van der Waals surface area (Å²) in [6, 6.07) is 8.61. The van der Waals surface area contributed by atoms with Gasteiger partial charge in [0.25, 0.3) is 12.4 Å². The predicted octanol–water partition coefficient (Wildman–Crippen LogP) is 2.81. The third kappa shape index (κ3) is 5.11. The molecule has 0 aromatic heterocycles. The average molecular weight is 462 g/mol. The van der Waals surface area contributed by atoms with Gasteiger partial charge in [-0.3, -0.25) is 9.59 Å². The Labute approximate surface area is 189 Å². The molecule has 4 rings (SSSR count). The standard InChI is InChI=1S/C18H21N3O3S.C5H10O2/c1-2-21-15-6-7-16(13-4-3-5-14(17(13)15)18(21)22)25(23,24)20-12-8-10-19-11-9-12;1-5(2,3)7-4-6/h3-7,12,19-20H,2,8-11H2,1H3;4H,1-3H3. The fourth-order valence-electron chi connectivity index (χ4n) is 3.93. The molecule has 0 saturated carbocycles. The summed E-state index contributed by atoms with van der Waals surface area (Å²) in [5.41, 5.74) is 1.05. The van der Waals surface area contributed by atoms with E-state index in [1.165, 1.54) is 0 Å².